The largest absolute Gasteiger partial charge is 0.346 e. The number of anilines is 1. The normalized spacial score (nSPS) is 17.5. The molecule has 0 bridgehead atoms. The predicted octanol–water partition coefficient (Wildman–Crippen LogP) is 2.33. The number of nitrogens with two attached hydrogens (primary N) is 1. The number of H-pyrrole nitrogens is 1. The van der Waals surface area contributed by atoms with Gasteiger partial charge in [-0.15, -0.1) is 11.8 Å². The fraction of sp³-hybridized carbons (Fsp3) is 0.500. The lowest BCUT2D eigenvalue weighted by atomic mass is 10.1. The zero-order valence-electron chi connectivity index (χ0n) is 15.1. The van der Waals surface area contributed by atoms with Crippen LogP contribution < -0.4 is 10.6 Å². The monoisotopic (exact) mass is 374 g/mol. The molecule has 0 aliphatic carbocycles. The van der Waals surface area contributed by atoms with Crippen LogP contribution >= 0.6 is 11.8 Å². The number of rotatable bonds is 2. The molecule has 26 heavy (non-hydrogen) atoms. The van der Waals surface area contributed by atoms with Gasteiger partial charge in [0, 0.05) is 37.8 Å². The van der Waals surface area contributed by atoms with Gasteiger partial charge in [0.05, 0.1) is 10.3 Å². The predicted molar refractivity (Wildman–Crippen MR) is 107 cm³/mol. The fourth-order valence-electron chi connectivity index (χ4n) is 3.12. The highest BCUT2D eigenvalue weighted by atomic mass is 32.2. The molecule has 1 saturated heterocycles. The van der Waals surface area contributed by atoms with Crippen LogP contribution in [0.5, 0.6) is 0 Å². The van der Waals surface area contributed by atoms with Crippen LogP contribution in [0.1, 0.15) is 26.2 Å². The van der Waals surface area contributed by atoms with Crippen molar-refractivity contribution in [2.75, 3.05) is 36.8 Å². The van der Waals surface area contributed by atoms with Gasteiger partial charge < -0.3 is 20.5 Å². The molecule has 8 heteroatoms. The van der Waals surface area contributed by atoms with Crippen LogP contribution in [0.2, 0.25) is 0 Å². The summed E-state index contributed by atoms with van der Waals surface area (Å²) in [6.45, 7) is 5.26. The van der Waals surface area contributed by atoms with Crippen molar-refractivity contribution in [1.29, 1.82) is 0 Å². The summed E-state index contributed by atoms with van der Waals surface area (Å²) >= 11 is 1.65. The number of nitrogens with zero attached hydrogens (tertiary/aromatic N) is 4. The van der Waals surface area contributed by atoms with Gasteiger partial charge in [0.1, 0.15) is 17.8 Å². The standard InChI is InChI=1S/C16H19N5OS.C2H7N/c22-16(20-6-2-1-3-7-20)13-10-21(8-9-23-13)15-12-4-5-17-14(12)18-11-19-15;1-2-3/h4-5,10-11H,1-3,6-9H2,(H,17,18,19);2-3H2,1H3. The maximum atomic E-state index is 12.7. The highest BCUT2D eigenvalue weighted by Gasteiger charge is 2.25. The number of hydrogen-bond acceptors (Lipinski definition) is 6. The van der Waals surface area contributed by atoms with E-state index in [-0.39, 0.29) is 5.91 Å². The number of nitrogens with one attached hydrogen (secondary N) is 1. The Balaban J connectivity index is 0.000000613. The Bertz CT molecular complexity index is 768. The number of aromatic nitrogens is 3. The number of fused-ring (bicyclic) bond motifs is 1. The summed E-state index contributed by atoms with van der Waals surface area (Å²) in [5.41, 5.74) is 5.67. The number of carbonyl (C=O) groups excluding carboxylic acids is 1. The zero-order chi connectivity index (χ0) is 18.4. The topological polar surface area (TPSA) is 91.1 Å². The average Bonchev–Trinajstić information content (AvgIpc) is 3.18. The third-order valence-electron chi connectivity index (χ3n) is 4.32. The first kappa shape index (κ1) is 18.7. The van der Waals surface area contributed by atoms with E-state index in [0.29, 0.717) is 0 Å². The van der Waals surface area contributed by atoms with E-state index >= 15 is 0 Å². The maximum Gasteiger partial charge on any atom is 0.261 e. The minimum Gasteiger partial charge on any atom is -0.346 e. The van der Waals surface area contributed by atoms with E-state index in [2.05, 4.69) is 19.9 Å². The molecule has 1 fully saturated rings. The second kappa shape index (κ2) is 9.05. The molecule has 0 radical (unpaired) electrons. The van der Waals surface area contributed by atoms with Crippen molar-refractivity contribution in [3.63, 3.8) is 0 Å². The van der Waals surface area contributed by atoms with Crippen molar-refractivity contribution in [1.82, 2.24) is 19.9 Å². The van der Waals surface area contributed by atoms with Gasteiger partial charge in [-0.2, -0.15) is 0 Å². The first-order chi connectivity index (χ1) is 12.7. The second-order valence-electron chi connectivity index (χ2n) is 6.23. The smallest absolute Gasteiger partial charge is 0.261 e. The number of amides is 1. The number of likely N-dealkylation sites (tertiary alicyclic amines) is 1. The molecule has 4 heterocycles. The van der Waals surface area contributed by atoms with E-state index in [1.54, 1.807) is 18.1 Å². The molecule has 7 nitrogen and oxygen atoms in total. The molecule has 1 amide bonds. The SMILES string of the molecule is CCN.O=C(C1=CN(c2ncnc3[nH]ccc23)CCS1)N1CCCCC1. The molecule has 0 spiro atoms. The zero-order valence-corrected chi connectivity index (χ0v) is 16.0. The number of carbonyl (C=O) groups is 1. The average molecular weight is 375 g/mol. The van der Waals surface area contributed by atoms with Crippen molar-refractivity contribution in [2.24, 2.45) is 5.73 Å². The molecule has 140 valence electrons. The van der Waals surface area contributed by atoms with Crippen molar-refractivity contribution in [3.8, 4) is 0 Å². The van der Waals surface area contributed by atoms with Crippen molar-refractivity contribution < 1.29 is 4.79 Å². The summed E-state index contributed by atoms with van der Waals surface area (Å²) in [5, 5.41) is 0.987. The molecule has 0 saturated carbocycles. The molecule has 3 N–H and O–H groups in total. The summed E-state index contributed by atoms with van der Waals surface area (Å²) in [6.07, 6.45) is 8.85. The fourth-order valence-corrected chi connectivity index (χ4v) is 4.08. The highest BCUT2D eigenvalue weighted by Crippen LogP contribution is 2.30. The van der Waals surface area contributed by atoms with E-state index in [1.807, 2.05) is 30.3 Å². The first-order valence-electron chi connectivity index (χ1n) is 9.13. The van der Waals surface area contributed by atoms with Crippen LogP contribution in [0.25, 0.3) is 11.0 Å². The van der Waals surface area contributed by atoms with Gasteiger partial charge in [-0.3, -0.25) is 4.79 Å². The van der Waals surface area contributed by atoms with Gasteiger partial charge in [0.25, 0.3) is 5.91 Å². The minimum atomic E-state index is 0.166. The van der Waals surface area contributed by atoms with Gasteiger partial charge in [-0.1, -0.05) is 6.92 Å². The van der Waals surface area contributed by atoms with Gasteiger partial charge in [-0.25, -0.2) is 9.97 Å². The minimum absolute atomic E-state index is 0.166. The van der Waals surface area contributed by atoms with E-state index in [1.165, 1.54) is 6.42 Å². The summed E-state index contributed by atoms with van der Waals surface area (Å²) in [5.74, 6) is 1.92. The Morgan fingerprint density at radius 3 is 2.81 bits per heavy atom. The summed E-state index contributed by atoms with van der Waals surface area (Å²) in [4.78, 5) is 29.4. The molecule has 2 aliphatic heterocycles. The summed E-state index contributed by atoms with van der Waals surface area (Å²) in [6, 6.07) is 1.98. The second-order valence-corrected chi connectivity index (χ2v) is 7.37. The van der Waals surface area contributed by atoms with E-state index in [4.69, 9.17) is 5.73 Å². The third kappa shape index (κ3) is 4.19. The van der Waals surface area contributed by atoms with Gasteiger partial charge in [0.15, 0.2) is 0 Å². The van der Waals surface area contributed by atoms with Crippen LogP contribution in [0.4, 0.5) is 5.82 Å². The number of piperidine rings is 1. The van der Waals surface area contributed by atoms with Crippen molar-refractivity contribution in [2.45, 2.75) is 26.2 Å². The summed E-state index contributed by atoms with van der Waals surface area (Å²) in [7, 11) is 0. The van der Waals surface area contributed by atoms with Gasteiger partial charge >= 0.3 is 0 Å². The Hall–Kier alpha value is -2.06. The molecule has 0 unspecified atom stereocenters. The Kier molecular flexibility index (Phi) is 6.51. The number of thioether (sulfide) groups is 1. The molecule has 0 atom stereocenters. The molecular weight excluding hydrogens is 348 g/mol. The molecule has 4 rings (SSSR count). The van der Waals surface area contributed by atoms with Gasteiger partial charge in [-0.05, 0) is 31.9 Å². The Morgan fingerprint density at radius 2 is 2.04 bits per heavy atom. The van der Waals surface area contributed by atoms with E-state index in [0.717, 1.165) is 66.5 Å². The highest BCUT2D eigenvalue weighted by molar-refractivity contribution is 8.04. The Morgan fingerprint density at radius 1 is 1.27 bits per heavy atom. The molecule has 2 aromatic rings. The van der Waals surface area contributed by atoms with Crippen LogP contribution in [-0.2, 0) is 4.79 Å². The van der Waals surface area contributed by atoms with Crippen LogP contribution in [0.15, 0.2) is 29.7 Å². The van der Waals surface area contributed by atoms with E-state index < -0.39 is 0 Å². The number of aromatic amines is 1. The number of hydrogen-bond donors (Lipinski definition) is 2. The van der Waals surface area contributed by atoms with Crippen LogP contribution in [0.3, 0.4) is 0 Å². The molecule has 2 aromatic heterocycles. The van der Waals surface area contributed by atoms with Crippen LogP contribution in [0, 0.1) is 0 Å². The van der Waals surface area contributed by atoms with Crippen molar-refractivity contribution >= 4 is 34.5 Å². The molecule has 0 aromatic carbocycles. The Labute approximate surface area is 158 Å². The summed E-state index contributed by atoms with van der Waals surface area (Å²) < 4.78 is 0. The maximum absolute atomic E-state index is 12.7. The lowest BCUT2D eigenvalue weighted by Gasteiger charge is -2.30. The third-order valence-corrected chi connectivity index (χ3v) is 5.30. The molecule has 2 aliphatic rings. The first-order valence-corrected chi connectivity index (χ1v) is 10.1. The van der Waals surface area contributed by atoms with Crippen LogP contribution in [-0.4, -0.2) is 57.7 Å². The van der Waals surface area contributed by atoms with E-state index in [9.17, 15) is 4.79 Å². The quantitative estimate of drug-likeness (QED) is 0.838. The van der Waals surface area contributed by atoms with Gasteiger partial charge in [0.2, 0.25) is 0 Å². The lowest BCUT2D eigenvalue weighted by molar-refractivity contribution is -0.127. The lowest BCUT2D eigenvalue weighted by Crippen LogP contribution is -2.38. The molecular formula is C18H26N6OS. The van der Waals surface area contributed by atoms with Crippen molar-refractivity contribution in [3.05, 3.63) is 29.7 Å².